The lowest BCUT2D eigenvalue weighted by Crippen LogP contribution is -2.50. The zero-order valence-corrected chi connectivity index (χ0v) is 21.0. The Bertz CT molecular complexity index is 843. The summed E-state index contributed by atoms with van der Waals surface area (Å²) in [6, 6.07) is 15.2. The van der Waals surface area contributed by atoms with Gasteiger partial charge in [-0.1, -0.05) is 47.1 Å². The Labute approximate surface area is 198 Å². The standard InChI is InChI=1S/C24H31BrN2O3S/c1-5-17(2)26-24(29)18(3)27(14-19-8-12-22(30-4)13-9-19)23(28)16-31-15-20-6-10-21(25)11-7-20/h6-13,17-18H,5,14-16H2,1-4H3,(H,26,29)/t17-,18+/m1/s1. The minimum Gasteiger partial charge on any atom is -0.497 e. The van der Waals surface area contributed by atoms with Crippen molar-refractivity contribution in [1.82, 2.24) is 10.2 Å². The fourth-order valence-electron chi connectivity index (χ4n) is 2.90. The van der Waals surface area contributed by atoms with Crippen molar-refractivity contribution in [3.63, 3.8) is 0 Å². The van der Waals surface area contributed by atoms with E-state index in [0.29, 0.717) is 12.3 Å². The van der Waals surface area contributed by atoms with Gasteiger partial charge in [0.2, 0.25) is 11.8 Å². The number of carbonyl (C=O) groups excluding carboxylic acids is 2. The Balaban J connectivity index is 2.07. The summed E-state index contributed by atoms with van der Waals surface area (Å²) in [4.78, 5) is 27.5. The molecule has 0 radical (unpaired) electrons. The van der Waals surface area contributed by atoms with Crippen molar-refractivity contribution < 1.29 is 14.3 Å². The van der Waals surface area contributed by atoms with Crippen molar-refractivity contribution in [2.45, 2.75) is 51.6 Å². The fourth-order valence-corrected chi connectivity index (χ4v) is 4.03. The Morgan fingerprint density at radius 1 is 1.06 bits per heavy atom. The molecular formula is C24H31BrN2O3S. The minimum atomic E-state index is -0.558. The van der Waals surface area contributed by atoms with Gasteiger partial charge in [-0.3, -0.25) is 9.59 Å². The second-order valence-corrected chi connectivity index (χ2v) is 9.38. The fraction of sp³-hybridized carbons (Fsp3) is 0.417. The van der Waals surface area contributed by atoms with Crippen LogP contribution in [-0.2, 0) is 21.9 Å². The third-order valence-corrected chi connectivity index (χ3v) is 6.61. The topological polar surface area (TPSA) is 58.6 Å². The average molecular weight is 507 g/mol. The maximum Gasteiger partial charge on any atom is 0.242 e. The van der Waals surface area contributed by atoms with E-state index in [0.717, 1.165) is 33.5 Å². The van der Waals surface area contributed by atoms with Crippen molar-refractivity contribution in [2.75, 3.05) is 12.9 Å². The molecule has 0 aliphatic rings. The van der Waals surface area contributed by atoms with Crippen molar-refractivity contribution >= 4 is 39.5 Å². The van der Waals surface area contributed by atoms with Gasteiger partial charge in [0.05, 0.1) is 12.9 Å². The number of rotatable bonds is 11. The lowest BCUT2D eigenvalue weighted by atomic mass is 10.1. The molecule has 2 rings (SSSR count). The second kappa shape index (κ2) is 12.8. The van der Waals surface area contributed by atoms with E-state index in [1.165, 1.54) is 0 Å². The highest BCUT2D eigenvalue weighted by atomic mass is 79.9. The largest absolute Gasteiger partial charge is 0.497 e. The van der Waals surface area contributed by atoms with Crippen LogP contribution in [0.25, 0.3) is 0 Å². The number of methoxy groups -OCH3 is 1. The molecule has 7 heteroatoms. The third-order valence-electron chi connectivity index (χ3n) is 5.09. The molecule has 0 aliphatic heterocycles. The van der Waals surface area contributed by atoms with E-state index >= 15 is 0 Å². The average Bonchev–Trinajstić information content (AvgIpc) is 2.78. The van der Waals surface area contributed by atoms with E-state index in [2.05, 4.69) is 21.2 Å². The quantitative estimate of drug-likeness (QED) is 0.464. The van der Waals surface area contributed by atoms with E-state index in [1.54, 1.807) is 30.7 Å². The van der Waals surface area contributed by atoms with Crippen molar-refractivity contribution in [1.29, 1.82) is 0 Å². The zero-order valence-electron chi connectivity index (χ0n) is 18.6. The zero-order chi connectivity index (χ0) is 22.8. The van der Waals surface area contributed by atoms with Gasteiger partial charge in [-0.15, -0.1) is 11.8 Å². The van der Waals surface area contributed by atoms with Crippen LogP contribution in [0.1, 0.15) is 38.3 Å². The van der Waals surface area contributed by atoms with Crippen molar-refractivity contribution in [2.24, 2.45) is 0 Å². The minimum absolute atomic E-state index is 0.0512. The maximum atomic E-state index is 13.1. The van der Waals surface area contributed by atoms with Gasteiger partial charge in [-0.25, -0.2) is 0 Å². The number of hydrogen-bond donors (Lipinski definition) is 1. The number of carbonyl (C=O) groups is 2. The molecule has 2 amide bonds. The summed E-state index contributed by atoms with van der Waals surface area (Å²) in [5.41, 5.74) is 2.11. The number of halogens is 1. The lowest BCUT2D eigenvalue weighted by molar-refractivity contribution is -0.138. The molecular weight excluding hydrogens is 476 g/mol. The number of ether oxygens (including phenoxy) is 1. The molecule has 2 aromatic rings. The van der Waals surface area contributed by atoms with Gasteiger partial charge >= 0.3 is 0 Å². The van der Waals surface area contributed by atoms with Gasteiger partial charge in [0.1, 0.15) is 11.8 Å². The number of nitrogens with one attached hydrogen (secondary N) is 1. The first-order chi connectivity index (χ1) is 14.8. The molecule has 168 valence electrons. The summed E-state index contributed by atoms with van der Waals surface area (Å²) in [6.45, 7) is 6.15. The SMILES string of the molecule is CC[C@@H](C)NC(=O)[C@H](C)N(Cc1ccc(OC)cc1)C(=O)CSCc1ccc(Br)cc1. The molecule has 0 heterocycles. The van der Waals surface area contributed by atoms with Crippen LogP contribution in [0.4, 0.5) is 0 Å². The smallest absolute Gasteiger partial charge is 0.242 e. The van der Waals surface area contributed by atoms with Crippen LogP contribution in [0, 0.1) is 0 Å². The third kappa shape index (κ3) is 8.22. The number of nitrogens with zero attached hydrogens (tertiary/aromatic N) is 1. The molecule has 0 unspecified atom stereocenters. The van der Waals surface area contributed by atoms with Gasteiger partial charge in [0.25, 0.3) is 0 Å². The van der Waals surface area contributed by atoms with Gasteiger partial charge in [-0.05, 0) is 55.7 Å². The number of hydrogen-bond acceptors (Lipinski definition) is 4. The molecule has 0 fully saturated rings. The highest BCUT2D eigenvalue weighted by Gasteiger charge is 2.26. The Morgan fingerprint density at radius 2 is 1.68 bits per heavy atom. The van der Waals surface area contributed by atoms with E-state index in [4.69, 9.17) is 4.74 Å². The number of thioether (sulfide) groups is 1. The van der Waals surface area contributed by atoms with Gasteiger partial charge in [0.15, 0.2) is 0 Å². The van der Waals surface area contributed by atoms with Crippen LogP contribution in [0.2, 0.25) is 0 Å². The molecule has 0 bridgehead atoms. The summed E-state index contributed by atoms with van der Waals surface area (Å²) >= 11 is 4.99. The summed E-state index contributed by atoms with van der Waals surface area (Å²) in [5.74, 6) is 1.63. The van der Waals surface area contributed by atoms with Crippen LogP contribution in [0.3, 0.4) is 0 Å². The van der Waals surface area contributed by atoms with Crippen LogP contribution < -0.4 is 10.1 Å². The number of benzene rings is 2. The first-order valence-electron chi connectivity index (χ1n) is 10.4. The summed E-state index contributed by atoms with van der Waals surface area (Å²) in [6.07, 6.45) is 0.841. The predicted molar refractivity (Wildman–Crippen MR) is 131 cm³/mol. The molecule has 0 spiro atoms. The van der Waals surface area contributed by atoms with Crippen LogP contribution in [0.15, 0.2) is 53.0 Å². The monoisotopic (exact) mass is 506 g/mol. The van der Waals surface area contributed by atoms with E-state index < -0.39 is 6.04 Å². The maximum absolute atomic E-state index is 13.1. The van der Waals surface area contributed by atoms with E-state index in [1.807, 2.05) is 62.4 Å². The molecule has 0 saturated heterocycles. The van der Waals surface area contributed by atoms with Gasteiger partial charge < -0.3 is 15.0 Å². The summed E-state index contributed by atoms with van der Waals surface area (Å²) in [7, 11) is 1.62. The molecule has 0 aliphatic carbocycles. The van der Waals surface area contributed by atoms with Crippen molar-refractivity contribution in [3.05, 3.63) is 64.1 Å². The Hall–Kier alpha value is -1.99. The molecule has 0 aromatic heterocycles. The number of amides is 2. The highest BCUT2D eigenvalue weighted by molar-refractivity contribution is 9.10. The van der Waals surface area contributed by atoms with Crippen molar-refractivity contribution in [3.8, 4) is 5.75 Å². The first kappa shape index (κ1) is 25.3. The lowest BCUT2D eigenvalue weighted by Gasteiger charge is -2.29. The Morgan fingerprint density at radius 3 is 2.26 bits per heavy atom. The van der Waals surface area contributed by atoms with Gasteiger partial charge in [0, 0.05) is 22.8 Å². The molecule has 1 N–H and O–H groups in total. The normalized spacial score (nSPS) is 12.7. The predicted octanol–water partition coefficient (Wildman–Crippen LogP) is 5.02. The molecule has 0 saturated carbocycles. The molecule has 2 atom stereocenters. The van der Waals surface area contributed by atoms with Gasteiger partial charge in [-0.2, -0.15) is 0 Å². The highest BCUT2D eigenvalue weighted by Crippen LogP contribution is 2.19. The molecule has 31 heavy (non-hydrogen) atoms. The summed E-state index contributed by atoms with van der Waals surface area (Å²) < 4.78 is 6.25. The molecule has 2 aromatic carbocycles. The molecule has 5 nitrogen and oxygen atoms in total. The summed E-state index contributed by atoms with van der Waals surface area (Å²) in [5, 5.41) is 2.99. The Kier molecular flexibility index (Phi) is 10.4. The first-order valence-corrected chi connectivity index (χ1v) is 12.3. The van der Waals surface area contributed by atoms with Crippen LogP contribution >= 0.6 is 27.7 Å². The van der Waals surface area contributed by atoms with E-state index in [9.17, 15) is 9.59 Å². The second-order valence-electron chi connectivity index (χ2n) is 7.48. The van der Waals surface area contributed by atoms with Crippen LogP contribution in [-0.4, -0.2) is 41.7 Å². The van der Waals surface area contributed by atoms with Crippen LogP contribution in [0.5, 0.6) is 5.75 Å². The van der Waals surface area contributed by atoms with E-state index in [-0.39, 0.29) is 17.9 Å².